The molecule has 144 valence electrons. The number of carbonyl (C=O) groups is 2. The SMILES string of the molecule is Cl.NC1(C(=O)N2CCCN(C(=O)c3ccc(F)cc3)CC2)CCOCC1. The number of carbonyl (C=O) groups excluding carboxylic acids is 2. The minimum Gasteiger partial charge on any atom is -0.381 e. The van der Waals surface area contributed by atoms with E-state index in [1.807, 2.05) is 0 Å². The van der Waals surface area contributed by atoms with Crippen molar-refractivity contribution in [3.63, 3.8) is 0 Å². The number of amides is 2. The molecule has 0 bridgehead atoms. The van der Waals surface area contributed by atoms with Crippen molar-refractivity contribution in [1.82, 2.24) is 9.80 Å². The molecule has 3 rings (SSSR count). The fourth-order valence-electron chi connectivity index (χ4n) is 3.36. The molecule has 0 radical (unpaired) electrons. The summed E-state index contributed by atoms with van der Waals surface area (Å²) in [6.45, 7) is 3.09. The molecule has 0 atom stereocenters. The van der Waals surface area contributed by atoms with Crippen molar-refractivity contribution in [1.29, 1.82) is 0 Å². The molecule has 0 aromatic heterocycles. The molecule has 2 aliphatic rings. The van der Waals surface area contributed by atoms with Crippen LogP contribution in [0.25, 0.3) is 0 Å². The summed E-state index contributed by atoms with van der Waals surface area (Å²) in [6.07, 6.45) is 1.76. The van der Waals surface area contributed by atoms with Crippen LogP contribution < -0.4 is 5.73 Å². The third-order valence-corrected chi connectivity index (χ3v) is 4.97. The second-order valence-corrected chi connectivity index (χ2v) is 6.71. The molecule has 26 heavy (non-hydrogen) atoms. The molecule has 8 heteroatoms. The van der Waals surface area contributed by atoms with Crippen LogP contribution in [-0.2, 0) is 9.53 Å². The van der Waals surface area contributed by atoms with E-state index in [9.17, 15) is 14.0 Å². The Morgan fingerprint density at radius 2 is 1.58 bits per heavy atom. The maximum Gasteiger partial charge on any atom is 0.253 e. The molecule has 1 aromatic carbocycles. The Bertz CT molecular complexity index is 635. The van der Waals surface area contributed by atoms with Gasteiger partial charge in [0.25, 0.3) is 5.91 Å². The smallest absolute Gasteiger partial charge is 0.253 e. The zero-order valence-corrected chi connectivity index (χ0v) is 15.5. The second-order valence-electron chi connectivity index (χ2n) is 6.71. The number of nitrogens with two attached hydrogens (primary N) is 1. The maximum absolute atomic E-state index is 13.0. The van der Waals surface area contributed by atoms with Gasteiger partial charge in [-0.25, -0.2) is 4.39 Å². The van der Waals surface area contributed by atoms with E-state index < -0.39 is 5.54 Å². The van der Waals surface area contributed by atoms with Gasteiger partial charge in [0.1, 0.15) is 5.82 Å². The van der Waals surface area contributed by atoms with Crippen LogP contribution in [-0.4, -0.2) is 66.5 Å². The topological polar surface area (TPSA) is 75.9 Å². The van der Waals surface area contributed by atoms with Crippen LogP contribution >= 0.6 is 12.4 Å². The molecule has 2 saturated heterocycles. The molecular weight excluding hydrogens is 361 g/mol. The summed E-state index contributed by atoms with van der Waals surface area (Å²) in [6, 6.07) is 5.54. The molecule has 6 nitrogen and oxygen atoms in total. The van der Waals surface area contributed by atoms with Gasteiger partial charge in [-0.2, -0.15) is 0 Å². The number of benzene rings is 1. The van der Waals surface area contributed by atoms with E-state index in [4.69, 9.17) is 10.5 Å². The molecule has 2 heterocycles. The number of hydrogen-bond donors (Lipinski definition) is 1. The first kappa shape index (κ1) is 20.6. The quantitative estimate of drug-likeness (QED) is 0.835. The van der Waals surface area contributed by atoms with Gasteiger partial charge in [0.15, 0.2) is 0 Å². The molecule has 0 unspecified atom stereocenters. The molecule has 1 aromatic rings. The monoisotopic (exact) mass is 385 g/mol. The summed E-state index contributed by atoms with van der Waals surface area (Å²) < 4.78 is 18.3. The predicted molar refractivity (Wildman–Crippen MR) is 97.7 cm³/mol. The highest BCUT2D eigenvalue weighted by Crippen LogP contribution is 2.21. The van der Waals surface area contributed by atoms with Crippen molar-refractivity contribution >= 4 is 24.2 Å². The fourth-order valence-corrected chi connectivity index (χ4v) is 3.36. The molecule has 0 spiro atoms. The molecule has 0 aliphatic carbocycles. The van der Waals surface area contributed by atoms with Gasteiger partial charge in [0, 0.05) is 45.0 Å². The summed E-state index contributed by atoms with van der Waals surface area (Å²) >= 11 is 0. The normalized spacial score (nSPS) is 20.1. The van der Waals surface area contributed by atoms with Crippen LogP contribution in [0, 0.1) is 5.82 Å². The van der Waals surface area contributed by atoms with Gasteiger partial charge in [-0.3, -0.25) is 9.59 Å². The van der Waals surface area contributed by atoms with E-state index in [1.54, 1.807) is 9.80 Å². The van der Waals surface area contributed by atoms with E-state index in [0.717, 1.165) is 0 Å². The Hall–Kier alpha value is -1.70. The summed E-state index contributed by atoms with van der Waals surface area (Å²) in [5.41, 5.74) is 5.90. The highest BCUT2D eigenvalue weighted by molar-refractivity contribution is 5.94. The van der Waals surface area contributed by atoms with Gasteiger partial charge in [-0.1, -0.05) is 0 Å². The third-order valence-electron chi connectivity index (χ3n) is 4.97. The number of halogens is 2. The molecule has 2 N–H and O–H groups in total. The van der Waals surface area contributed by atoms with Gasteiger partial charge in [0.2, 0.25) is 5.91 Å². The van der Waals surface area contributed by atoms with Crippen molar-refractivity contribution in [2.45, 2.75) is 24.8 Å². The van der Waals surface area contributed by atoms with Crippen LogP contribution in [0.4, 0.5) is 4.39 Å². The average Bonchev–Trinajstić information content (AvgIpc) is 2.88. The molecule has 2 fully saturated rings. The Balaban J connectivity index is 0.00000243. The summed E-state index contributed by atoms with van der Waals surface area (Å²) in [7, 11) is 0. The predicted octanol–water partition coefficient (Wildman–Crippen LogP) is 1.43. The van der Waals surface area contributed by atoms with Crippen LogP contribution in [0.2, 0.25) is 0 Å². The average molecular weight is 386 g/mol. The highest BCUT2D eigenvalue weighted by Gasteiger charge is 2.39. The molecule has 2 aliphatic heterocycles. The van der Waals surface area contributed by atoms with Gasteiger partial charge in [-0.05, 0) is 43.5 Å². The van der Waals surface area contributed by atoms with Gasteiger partial charge >= 0.3 is 0 Å². The summed E-state index contributed by atoms with van der Waals surface area (Å²) in [5, 5.41) is 0. The van der Waals surface area contributed by atoms with Crippen molar-refractivity contribution in [2.24, 2.45) is 5.73 Å². The van der Waals surface area contributed by atoms with E-state index >= 15 is 0 Å². The Morgan fingerprint density at radius 1 is 1.00 bits per heavy atom. The lowest BCUT2D eigenvalue weighted by atomic mass is 9.89. The summed E-state index contributed by atoms with van der Waals surface area (Å²) in [4.78, 5) is 28.9. The fraction of sp³-hybridized carbons (Fsp3) is 0.556. The van der Waals surface area contributed by atoms with E-state index in [0.29, 0.717) is 64.2 Å². The second kappa shape index (κ2) is 8.79. The van der Waals surface area contributed by atoms with E-state index in [1.165, 1.54) is 24.3 Å². The lowest BCUT2D eigenvalue weighted by molar-refractivity contribution is -0.140. The lowest BCUT2D eigenvalue weighted by Gasteiger charge is -2.36. The lowest BCUT2D eigenvalue weighted by Crippen LogP contribution is -2.58. The zero-order valence-electron chi connectivity index (χ0n) is 14.7. The largest absolute Gasteiger partial charge is 0.381 e. The first-order valence-electron chi connectivity index (χ1n) is 8.70. The molecular formula is C18H25ClFN3O3. The van der Waals surface area contributed by atoms with Crippen LogP contribution in [0.5, 0.6) is 0 Å². The first-order valence-corrected chi connectivity index (χ1v) is 8.70. The number of hydrogen-bond acceptors (Lipinski definition) is 4. The first-order chi connectivity index (χ1) is 12.0. The van der Waals surface area contributed by atoms with Crippen molar-refractivity contribution < 1.29 is 18.7 Å². The Kier molecular flexibility index (Phi) is 6.97. The molecule has 0 saturated carbocycles. The minimum absolute atomic E-state index is 0. The van der Waals surface area contributed by atoms with Crippen LogP contribution in [0.15, 0.2) is 24.3 Å². The number of nitrogens with zero attached hydrogens (tertiary/aromatic N) is 2. The van der Waals surface area contributed by atoms with Crippen LogP contribution in [0.3, 0.4) is 0 Å². The van der Waals surface area contributed by atoms with Gasteiger partial charge < -0.3 is 20.3 Å². The van der Waals surface area contributed by atoms with Crippen LogP contribution in [0.1, 0.15) is 29.6 Å². The van der Waals surface area contributed by atoms with Gasteiger partial charge in [-0.15, -0.1) is 12.4 Å². The maximum atomic E-state index is 13.0. The highest BCUT2D eigenvalue weighted by atomic mass is 35.5. The standard InChI is InChI=1S/C18H24FN3O3.ClH/c19-15-4-2-14(3-5-15)16(23)21-8-1-9-22(11-10-21)17(24)18(20)6-12-25-13-7-18;/h2-5H,1,6-13,20H2;1H. The molecule has 2 amide bonds. The van der Waals surface area contributed by atoms with E-state index in [2.05, 4.69) is 0 Å². The van der Waals surface area contributed by atoms with Crippen molar-refractivity contribution in [3.05, 3.63) is 35.6 Å². The summed E-state index contributed by atoms with van der Waals surface area (Å²) in [5.74, 6) is -0.552. The Morgan fingerprint density at radius 3 is 2.23 bits per heavy atom. The Labute approximate surface area is 158 Å². The number of ether oxygens (including phenoxy) is 1. The van der Waals surface area contributed by atoms with Gasteiger partial charge in [0.05, 0.1) is 5.54 Å². The van der Waals surface area contributed by atoms with Crippen molar-refractivity contribution in [3.8, 4) is 0 Å². The third kappa shape index (κ3) is 4.52. The van der Waals surface area contributed by atoms with E-state index in [-0.39, 0.29) is 30.0 Å². The van der Waals surface area contributed by atoms with Crippen molar-refractivity contribution in [2.75, 3.05) is 39.4 Å². The zero-order chi connectivity index (χ0) is 17.9. The minimum atomic E-state index is -0.853. The number of rotatable bonds is 2.